The molecular formula is C13H23NO. The highest BCUT2D eigenvalue weighted by Gasteiger charge is 2.50. The zero-order valence-electron chi connectivity index (χ0n) is 10.2. The summed E-state index contributed by atoms with van der Waals surface area (Å²) >= 11 is 0. The summed E-state index contributed by atoms with van der Waals surface area (Å²) in [6, 6.07) is 0. The van der Waals surface area contributed by atoms with Crippen molar-refractivity contribution >= 4 is 5.91 Å². The van der Waals surface area contributed by atoms with Crippen LogP contribution in [-0.2, 0) is 4.79 Å². The molecule has 0 aromatic rings. The number of hydrogen-bond donors (Lipinski definition) is 1. The van der Waals surface area contributed by atoms with Crippen LogP contribution in [0.1, 0.15) is 46.0 Å². The molecule has 1 unspecified atom stereocenters. The second-order valence-electron chi connectivity index (χ2n) is 5.97. The molecule has 2 heteroatoms. The van der Waals surface area contributed by atoms with Crippen LogP contribution in [0.2, 0.25) is 0 Å². The minimum absolute atomic E-state index is 0.258. The van der Waals surface area contributed by atoms with Crippen molar-refractivity contribution < 1.29 is 4.79 Å². The predicted molar refractivity (Wildman–Crippen MR) is 61.4 cm³/mol. The van der Waals surface area contributed by atoms with Gasteiger partial charge in [-0.2, -0.15) is 0 Å². The predicted octanol–water partition coefficient (Wildman–Crippen LogP) is 2.58. The topological polar surface area (TPSA) is 29.1 Å². The van der Waals surface area contributed by atoms with Crippen molar-refractivity contribution in [3.63, 3.8) is 0 Å². The third kappa shape index (κ3) is 1.91. The summed E-state index contributed by atoms with van der Waals surface area (Å²) in [5, 5.41) is 2.77. The molecule has 0 heterocycles. The molecule has 1 N–H and O–H groups in total. The number of carbonyl (C=O) groups excluding carboxylic acids is 1. The minimum atomic E-state index is 0.258. The van der Waals surface area contributed by atoms with E-state index in [-0.39, 0.29) is 5.91 Å². The summed E-state index contributed by atoms with van der Waals surface area (Å²) in [7, 11) is 1.75. The number of hydrogen-bond acceptors (Lipinski definition) is 1. The van der Waals surface area contributed by atoms with E-state index in [1.54, 1.807) is 7.05 Å². The van der Waals surface area contributed by atoms with Gasteiger partial charge < -0.3 is 5.32 Å². The maximum atomic E-state index is 11.4. The van der Waals surface area contributed by atoms with Gasteiger partial charge in [0.2, 0.25) is 5.91 Å². The lowest BCUT2D eigenvalue weighted by atomic mass is 9.60. The van der Waals surface area contributed by atoms with Crippen LogP contribution in [0.25, 0.3) is 0 Å². The summed E-state index contributed by atoms with van der Waals surface area (Å²) in [5.74, 6) is 2.31. The van der Waals surface area contributed by atoms with E-state index in [0.717, 1.165) is 24.7 Å². The van der Waals surface area contributed by atoms with Crippen molar-refractivity contribution in [2.45, 2.75) is 46.0 Å². The first-order valence-electron chi connectivity index (χ1n) is 6.28. The molecule has 86 valence electrons. The highest BCUT2D eigenvalue weighted by molar-refractivity contribution is 5.79. The van der Waals surface area contributed by atoms with Gasteiger partial charge in [-0.1, -0.05) is 13.8 Å². The molecule has 0 radical (unpaired) electrons. The van der Waals surface area contributed by atoms with E-state index in [1.807, 2.05) is 0 Å². The van der Waals surface area contributed by atoms with Crippen LogP contribution in [0.5, 0.6) is 0 Å². The van der Waals surface area contributed by atoms with Crippen LogP contribution in [0.4, 0.5) is 0 Å². The fourth-order valence-corrected chi connectivity index (χ4v) is 3.57. The van der Waals surface area contributed by atoms with Crippen molar-refractivity contribution in [3.8, 4) is 0 Å². The van der Waals surface area contributed by atoms with Crippen LogP contribution in [0.15, 0.2) is 0 Å². The van der Waals surface area contributed by atoms with Crippen LogP contribution < -0.4 is 5.32 Å². The Kier molecular flexibility index (Phi) is 2.78. The molecule has 0 aliphatic heterocycles. The van der Waals surface area contributed by atoms with Gasteiger partial charge in [-0.05, 0) is 49.4 Å². The van der Waals surface area contributed by atoms with Crippen molar-refractivity contribution in [1.82, 2.24) is 5.32 Å². The van der Waals surface area contributed by atoms with Crippen LogP contribution in [0, 0.1) is 23.2 Å². The summed E-state index contributed by atoms with van der Waals surface area (Å²) in [4.78, 5) is 11.4. The quantitative estimate of drug-likeness (QED) is 0.744. The van der Waals surface area contributed by atoms with E-state index in [2.05, 4.69) is 19.2 Å². The fourth-order valence-electron chi connectivity index (χ4n) is 3.57. The Labute approximate surface area is 92.8 Å². The Balaban J connectivity index is 1.86. The molecule has 2 aliphatic carbocycles. The molecule has 0 aromatic heterocycles. The lowest BCUT2D eigenvalue weighted by Crippen LogP contribution is -2.43. The van der Waals surface area contributed by atoms with Gasteiger partial charge in [-0.15, -0.1) is 0 Å². The standard InChI is InChI=1S/C13H23NO/c1-9(2)10-4-5-13(6-10)7-11(8-13)12(15)14-3/h9-11H,4-8H2,1-3H3,(H,14,15). The van der Waals surface area contributed by atoms with E-state index in [9.17, 15) is 4.79 Å². The van der Waals surface area contributed by atoms with Crippen LogP contribution in [0.3, 0.4) is 0 Å². The zero-order valence-corrected chi connectivity index (χ0v) is 10.2. The molecule has 2 rings (SSSR count). The van der Waals surface area contributed by atoms with Crippen molar-refractivity contribution in [2.24, 2.45) is 23.2 Å². The van der Waals surface area contributed by atoms with Gasteiger partial charge in [0, 0.05) is 13.0 Å². The average molecular weight is 209 g/mol. The van der Waals surface area contributed by atoms with E-state index in [4.69, 9.17) is 0 Å². The number of rotatable bonds is 2. The Hall–Kier alpha value is -0.530. The van der Waals surface area contributed by atoms with Crippen molar-refractivity contribution in [1.29, 1.82) is 0 Å². The largest absolute Gasteiger partial charge is 0.359 e. The molecule has 15 heavy (non-hydrogen) atoms. The Morgan fingerprint density at radius 3 is 2.47 bits per heavy atom. The molecule has 0 aromatic carbocycles. The van der Waals surface area contributed by atoms with E-state index in [1.165, 1.54) is 19.3 Å². The number of amides is 1. The monoisotopic (exact) mass is 209 g/mol. The first-order valence-corrected chi connectivity index (χ1v) is 6.28. The van der Waals surface area contributed by atoms with Gasteiger partial charge in [0.15, 0.2) is 0 Å². The summed E-state index contributed by atoms with van der Waals surface area (Å²) in [6.07, 6.45) is 6.42. The molecule has 2 aliphatic rings. The highest BCUT2D eigenvalue weighted by Crippen LogP contribution is 2.58. The smallest absolute Gasteiger partial charge is 0.222 e. The highest BCUT2D eigenvalue weighted by atomic mass is 16.1. The third-order valence-electron chi connectivity index (χ3n) is 4.66. The lowest BCUT2D eigenvalue weighted by molar-refractivity contribution is -0.132. The van der Waals surface area contributed by atoms with Gasteiger partial charge in [-0.25, -0.2) is 0 Å². The van der Waals surface area contributed by atoms with Gasteiger partial charge in [0.1, 0.15) is 0 Å². The molecule has 1 spiro atoms. The molecule has 2 saturated carbocycles. The molecule has 1 atom stereocenters. The molecular weight excluding hydrogens is 186 g/mol. The lowest BCUT2D eigenvalue weighted by Gasteiger charge is -2.45. The number of nitrogens with one attached hydrogen (secondary N) is 1. The maximum Gasteiger partial charge on any atom is 0.222 e. The van der Waals surface area contributed by atoms with Gasteiger partial charge in [0.25, 0.3) is 0 Å². The molecule has 1 amide bonds. The molecule has 0 saturated heterocycles. The van der Waals surface area contributed by atoms with Gasteiger partial charge in [0.05, 0.1) is 0 Å². The fraction of sp³-hybridized carbons (Fsp3) is 0.923. The summed E-state index contributed by atoms with van der Waals surface area (Å²) in [6.45, 7) is 4.66. The summed E-state index contributed by atoms with van der Waals surface area (Å²) in [5.41, 5.74) is 0.562. The zero-order chi connectivity index (χ0) is 11.1. The number of carbonyl (C=O) groups is 1. The second kappa shape index (κ2) is 3.80. The normalized spacial score (nSPS) is 39.5. The minimum Gasteiger partial charge on any atom is -0.359 e. The Bertz CT molecular complexity index is 253. The first kappa shape index (κ1) is 11.0. The molecule has 2 nitrogen and oxygen atoms in total. The molecule has 2 fully saturated rings. The van der Waals surface area contributed by atoms with E-state index in [0.29, 0.717) is 11.3 Å². The van der Waals surface area contributed by atoms with Gasteiger partial charge >= 0.3 is 0 Å². The van der Waals surface area contributed by atoms with Crippen LogP contribution >= 0.6 is 0 Å². The van der Waals surface area contributed by atoms with E-state index >= 15 is 0 Å². The van der Waals surface area contributed by atoms with Crippen molar-refractivity contribution in [3.05, 3.63) is 0 Å². The Morgan fingerprint density at radius 1 is 1.33 bits per heavy atom. The maximum absolute atomic E-state index is 11.4. The average Bonchev–Trinajstić information content (AvgIpc) is 2.59. The third-order valence-corrected chi connectivity index (χ3v) is 4.66. The molecule has 0 bridgehead atoms. The van der Waals surface area contributed by atoms with Crippen LogP contribution in [-0.4, -0.2) is 13.0 Å². The first-order chi connectivity index (χ1) is 7.06. The second-order valence-corrected chi connectivity index (χ2v) is 5.97. The summed E-state index contributed by atoms with van der Waals surface area (Å²) < 4.78 is 0. The SMILES string of the molecule is CNC(=O)C1CC2(CCC(C(C)C)C2)C1. The Morgan fingerprint density at radius 2 is 2.00 bits per heavy atom. The van der Waals surface area contributed by atoms with Crippen molar-refractivity contribution in [2.75, 3.05) is 7.05 Å². The van der Waals surface area contributed by atoms with Gasteiger partial charge in [-0.3, -0.25) is 4.79 Å². The van der Waals surface area contributed by atoms with E-state index < -0.39 is 0 Å².